The smallest absolute Gasteiger partial charge is 0.480 e. The number of hydrogen-bond donors (Lipinski definition) is 3. The largest absolute Gasteiger partial charge is 0.490 e. The van der Waals surface area contributed by atoms with Crippen molar-refractivity contribution in [3.8, 4) is 11.4 Å². The quantitative estimate of drug-likeness (QED) is 0.284. The number of carboxylic acids is 2. The van der Waals surface area contributed by atoms with Crippen LogP contribution in [-0.2, 0) is 44.2 Å². The zero-order chi connectivity index (χ0) is 31.1. The summed E-state index contributed by atoms with van der Waals surface area (Å²) in [6, 6.07) is 8.79. The molecule has 0 spiro atoms. The molecule has 1 aromatic carbocycles. The van der Waals surface area contributed by atoms with E-state index in [1.807, 2.05) is 24.3 Å². The molecule has 224 valence electrons. The van der Waals surface area contributed by atoms with Crippen LogP contribution in [0, 0.1) is 5.92 Å². The first kappa shape index (κ1) is 30.7. The molecule has 2 atom stereocenters. The molecule has 0 saturated heterocycles. The Balaban J connectivity index is 0.000000517. The summed E-state index contributed by atoms with van der Waals surface area (Å²) in [5.74, 6) is -4.67. The maximum absolute atomic E-state index is 13.7. The third-order valence-corrected chi connectivity index (χ3v) is 7.69. The van der Waals surface area contributed by atoms with Gasteiger partial charge >= 0.3 is 24.1 Å². The average molecular weight is 590 g/mol. The molecule has 3 aromatic rings. The second kappa shape index (κ2) is 11.2. The van der Waals surface area contributed by atoms with Gasteiger partial charge in [0.25, 0.3) is 5.56 Å². The summed E-state index contributed by atoms with van der Waals surface area (Å²) in [7, 11) is 0. The van der Waals surface area contributed by atoms with Crippen LogP contribution in [0.15, 0.2) is 35.1 Å². The predicted octanol–water partition coefficient (Wildman–Crippen LogP) is 3.98. The molecule has 3 N–H and O–H groups in total. The molecular formula is C29H30F3N3O7. The first-order valence-electron chi connectivity index (χ1n) is 13.3. The number of hydrogen-bond acceptors (Lipinski definition) is 7. The molecule has 0 fully saturated rings. The summed E-state index contributed by atoms with van der Waals surface area (Å²) in [5.41, 5.74) is 3.60. The van der Waals surface area contributed by atoms with E-state index >= 15 is 0 Å². The fourth-order valence-corrected chi connectivity index (χ4v) is 5.55. The van der Waals surface area contributed by atoms with E-state index in [9.17, 15) is 32.7 Å². The molecule has 2 aliphatic heterocycles. The summed E-state index contributed by atoms with van der Waals surface area (Å²) in [6.07, 6.45) is -4.05. The van der Waals surface area contributed by atoms with Crippen LogP contribution in [0.4, 0.5) is 13.2 Å². The topological polar surface area (TPSA) is 148 Å². The molecule has 2 aliphatic rings. The highest BCUT2D eigenvalue weighted by Gasteiger charge is 2.49. The Bertz CT molecular complexity index is 1650. The number of esters is 1. The molecule has 10 nitrogen and oxygen atoms in total. The number of aromatic nitrogens is 2. The Kier molecular flexibility index (Phi) is 8.18. The lowest BCUT2D eigenvalue weighted by Gasteiger charge is -2.39. The number of nitrogens with zero attached hydrogens (tertiary/aromatic N) is 2. The van der Waals surface area contributed by atoms with E-state index in [0.29, 0.717) is 23.4 Å². The number of carbonyl (C=O) groups excluding carboxylic acids is 1. The van der Waals surface area contributed by atoms with E-state index in [1.54, 1.807) is 25.3 Å². The van der Waals surface area contributed by atoms with Gasteiger partial charge in [-0.2, -0.15) is 13.2 Å². The summed E-state index contributed by atoms with van der Waals surface area (Å²) in [5, 5.41) is 21.1. The van der Waals surface area contributed by atoms with Crippen molar-refractivity contribution in [3.05, 3.63) is 62.9 Å². The highest BCUT2D eigenvalue weighted by atomic mass is 19.4. The van der Waals surface area contributed by atoms with Gasteiger partial charge in [-0.1, -0.05) is 45.9 Å². The zero-order valence-corrected chi connectivity index (χ0v) is 23.3. The predicted molar refractivity (Wildman–Crippen MR) is 145 cm³/mol. The van der Waals surface area contributed by atoms with E-state index < -0.39 is 35.7 Å². The van der Waals surface area contributed by atoms with Crippen molar-refractivity contribution in [3.63, 3.8) is 0 Å². The van der Waals surface area contributed by atoms with E-state index in [-0.39, 0.29) is 24.5 Å². The van der Waals surface area contributed by atoms with E-state index in [2.05, 4.69) is 18.3 Å². The molecule has 0 amide bonds. The number of benzene rings is 1. The van der Waals surface area contributed by atoms with Crippen LogP contribution < -0.4 is 10.9 Å². The fourth-order valence-electron chi connectivity index (χ4n) is 5.55. The van der Waals surface area contributed by atoms with Gasteiger partial charge in [0.2, 0.25) is 0 Å². The van der Waals surface area contributed by atoms with Crippen LogP contribution >= 0.6 is 0 Å². The summed E-state index contributed by atoms with van der Waals surface area (Å²) in [6.45, 7) is 7.71. The Hall–Kier alpha value is -4.26. The number of ether oxygens (including phenoxy) is 1. The van der Waals surface area contributed by atoms with E-state index in [4.69, 9.17) is 19.6 Å². The Morgan fingerprint density at radius 3 is 2.33 bits per heavy atom. The van der Waals surface area contributed by atoms with Crippen LogP contribution in [0.5, 0.6) is 0 Å². The molecule has 0 unspecified atom stereocenters. The number of pyridine rings is 2. The lowest BCUT2D eigenvalue weighted by atomic mass is 9.81. The van der Waals surface area contributed by atoms with Gasteiger partial charge in [0.15, 0.2) is 0 Å². The van der Waals surface area contributed by atoms with Crippen LogP contribution in [-0.4, -0.2) is 49.9 Å². The van der Waals surface area contributed by atoms with Gasteiger partial charge in [-0.05, 0) is 42.0 Å². The summed E-state index contributed by atoms with van der Waals surface area (Å²) >= 11 is 0. The fraction of sp³-hybridized carbons (Fsp3) is 0.414. The number of carbonyl (C=O) groups is 3. The number of halogens is 3. The first-order chi connectivity index (χ1) is 19.7. The SMILES string of the molecule is CCc1c2c(nc3ccccc13)-c1cc3c(c(=O)n1C2)COC(=O)[C@@]3(CC)N[C@H](C(=O)O)C(C)C.O=C(O)C(F)(F)F. The third kappa shape index (κ3) is 5.13. The normalized spacial score (nSPS) is 18.0. The van der Waals surface area contributed by atoms with Crippen molar-refractivity contribution >= 4 is 28.8 Å². The number of fused-ring (bicyclic) bond motifs is 5. The van der Waals surface area contributed by atoms with Gasteiger partial charge < -0.3 is 19.5 Å². The minimum Gasteiger partial charge on any atom is -0.480 e. The van der Waals surface area contributed by atoms with Gasteiger partial charge in [0.05, 0.1) is 29.0 Å². The second-order valence-corrected chi connectivity index (χ2v) is 10.4. The summed E-state index contributed by atoms with van der Waals surface area (Å²) in [4.78, 5) is 52.8. The molecule has 5 rings (SSSR count). The van der Waals surface area contributed by atoms with Gasteiger partial charge in [0.1, 0.15) is 18.2 Å². The highest BCUT2D eigenvalue weighted by molar-refractivity contribution is 5.89. The Morgan fingerprint density at radius 1 is 1.14 bits per heavy atom. The van der Waals surface area contributed by atoms with Gasteiger partial charge in [-0.3, -0.25) is 14.9 Å². The maximum atomic E-state index is 13.7. The van der Waals surface area contributed by atoms with Gasteiger partial charge in [0, 0.05) is 10.9 Å². The molecule has 2 aromatic heterocycles. The highest BCUT2D eigenvalue weighted by Crippen LogP contribution is 2.40. The van der Waals surface area contributed by atoms with Crippen molar-refractivity contribution in [2.45, 2.75) is 71.4 Å². The number of aryl methyl sites for hydroxylation is 1. The van der Waals surface area contributed by atoms with Crippen molar-refractivity contribution in [1.82, 2.24) is 14.9 Å². The first-order valence-corrected chi connectivity index (χ1v) is 13.3. The second-order valence-electron chi connectivity index (χ2n) is 10.4. The molecule has 13 heteroatoms. The van der Waals surface area contributed by atoms with Crippen molar-refractivity contribution in [2.24, 2.45) is 5.92 Å². The van der Waals surface area contributed by atoms with E-state index in [1.165, 1.54) is 0 Å². The van der Waals surface area contributed by atoms with Crippen molar-refractivity contribution in [1.29, 1.82) is 0 Å². The molecule has 4 heterocycles. The van der Waals surface area contributed by atoms with Crippen molar-refractivity contribution in [2.75, 3.05) is 0 Å². The number of alkyl halides is 3. The maximum Gasteiger partial charge on any atom is 0.490 e. The minimum atomic E-state index is -5.08. The molecule has 0 aliphatic carbocycles. The lowest BCUT2D eigenvalue weighted by molar-refractivity contribution is -0.192. The summed E-state index contributed by atoms with van der Waals surface area (Å²) < 4.78 is 38.9. The van der Waals surface area contributed by atoms with Gasteiger partial charge in [-0.25, -0.2) is 14.6 Å². The van der Waals surface area contributed by atoms with Crippen LogP contribution in [0.3, 0.4) is 0 Å². The minimum absolute atomic E-state index is 0.136. The molecule has 0 saturated carbocycles. The Morgan fingerprint density at radius 2 is 1.79 bits per heavy atom. The van der Waals surface area contributed by atoms with Crippen LogP contribution in [0.1, 0.15) is 56.4 Å². The van der Waals surface area contributed by atoms with E-state index in [0.717, 1.165) is 34.1 Å². The number of para-hydroxylation sites is 1. The monoisotopic (exact) mass is 589 g/mol. The van der Waals surface area contributed by atoms with Crippen molar-refractivity contribution < 1.29 is 42.5 Å². The molecule has 42 heavy (non-hydrogen) atoms. The standard InChI is InChI=1S/C27H29N3O5.C2HF3O2/c1-5-15-16-9-7-8-10-20(16)28-23-17(15)12-30-21(23)11-19-18(24(30)31)13-35-26(34)27(19,6-2)29-22(14(3)4)25(32)33;3-2(4,5)1(6)7/h7-11,14,22,29H,5-6,12-13H2,1-4H3,(H,32,33);(H,6,7)/t22-,27-;/m0./s1. The van der Waals surface area contributed by atoms with Crippen LogP contribution in [0.25, 0.3) is 22.3 Å². The average Bonchev–Trinajstić information content (AvgIpc) is 3.29. The molecule has 0 bridgehead atoms. The number of nitrogens with one attached hydrogen (secondary N) is 1. The molecule has 0 radical (unpaired) electrons. The third-order valence-electron chi connectivity index (χ3n) is 7.69. The lowest BCUT2D eigenvalue weighted by Crippen LogP contribution is -2.60. The Labute approximate surface area is 238 Å². The number of carboxylic acid groups (broad SMARTS) is 2. The zero-order valence-electron chi connectivity index (χ0n) is 23.3. The number of aliphatic carboxylic acids is 2. The number of cyclic esters (lactones) is 1. The van der Waals surface area contributed by atoms with Gasteiger partial charge in [-0.15, -0.1) is 0 Å². The number of rotatable bonds is 6. The van der Waals surface area contributed by atoms with Crippen LogP contribution in [0.2, 0.25) is 0 Å². The molecular weight excluding hydrogens is 559 g/mol.